The Morgan fingerprint density at radius 2 is 2.08 bits per heavy atom. The minimum Gasteiger partial charge on any atom is -0.309 e. The van der Waals surface area contributed by atoms with E-state index in [1.165, 1.54) is 11.1 Å². The molecule has 1 aromatic carbocycles. The van der Waals surface area contributed by atoms with Gasteiger partial charge >= 0.3 is 0 Å². The SMILES string of the molecule is CNCC#Cc1cccc(C)c1C. The molecule has 0 unspecified atom stereocenters. The highest BCUT2D eigenvalue weighted by molar-refractivity contribution is 5.44. The van der Waals surface area contributed by atoms with Crippen LogP contribution < -0.4 is 5.32 Å². The lowest BCUT2D eigenvalue weighted by Crippen LogP contribution is -2.04. The smallest absolute Gasteiger partial charge is 0.0577 e. The quantitative estimate of drug-likeness (QED) is 0.639. The molecule has 1 aromatic rings. The fourth-order valence-corrected chi connectivity index (χ4v) is 1.11. The fraction of sp³-hybridized carbons (Fsp3) is 0.333. The Morgan fingerprint density at radius 1 is 1.31 bits per heavy atom. The van der Waals surface area contributed by atoms with Crippen molar-refractivity contribution in [3.05, 3.63) is 34.9 Å². The zero-order chi connectivity index (χ0) is 9.68. The van der Waals surface area contributed by atoms with Gasteiger partial charge in [0.15, 0.2) is 0 Å². The van der Waals surface area contributed by atoms with Crippen LogP contribution in [0.4, 0.5) is 0 Å². The first-order valence-corrected chi connectivity index (χ1v) is 4.45. The predicted molar refractivity (Wildman–Crippen MR) is 56.7 cm³/mol. The van der Waals surface area contributed by atoms with E-state index in [2.05, 4.69) is 43.1 Å². The average molecular weight is 173 g/mol. The first-order chi connectivity index (χ1) is 6.25. The molecule has 0 saturated heterocycles. The van der Waals surface area contributed by atoms with Crippen LogP contribution in [0.25, 0.3) is 0 Å². The largest absolute Gasteiger partial charge is 0.309 e. The van der Waals surface area contributed by atoms with Crippen LogP contribution in [-0.4, -0.2) is 13.6 Å². The molecule has 0 aliphatic carbocycles. The molecule has 68 valence electrons. The maximum Gasteiger partial charge on any atom is 0.0577 e. The van der Waals surface area contributed by atoms with Gasteiger partial charge in [0, 0.05) is 5.56 Å². The molecule has 0 atom stereocenters. The Hall–Kier alpha value is -1.26. The van der Waals surface area contributed by atoms with Crippen LogP contribution in [0.3, 0.4) is 0 Å². The summed E-state index contributed by atoms with van der Waals surface area (Å²) in [6.45, 7) is 4.96. The maximum atomic E-state index is 3.14. The van der Waals surface area contributed by atoms with Crippen molar-refractivity contribution in [3.63, 3.8) is 0 Å². The molecule has 0 amide bonds. The van der Waals surface area contributed by atoms with E-state index in [4.69, 9.17) is 0 Å². The first kappa shape index (κ1) is 9.83. The van der Waals surface area contributed by atoms with Gasteiger partial charge in [-0.15, -0.1) is 0 Å². The summed E-state index contributed by atoms with van der Waals surface area (Å²) in [5.41, 5.74) is 3.72. The Morgan fingerprint density at radius 3 is 2.77 bits per heavy atom. The van der Waals surface area contributed by atoms with Crippen molar-refractivity contribution in [1.29, 1.82) is 0 Å². The lowest BCUT2D eigenvalue weighted by Gasteiger charge is -2.00. The number of benzene rings is 1. The molecular formula is C12H15N. The first-order valence-electron chi connectivity index (χ1n) is 4.45. The van der Waals surface area contributed by atoms with Crippen molar-refractivity contribution in [3.8, 4) is 11.8 Å². The molecule has 0 aliphatic heterocycles. The van der Waals surface area contributed by atoms with Gasteiger partial charge in [0.1, 0.15) is 0 Å². The topological polar surface area (TPSA) is 12.0 Å². The molecule has 0 spiro atoms. The van der Waals surface area contributed by atoms with Crippen LogP contribution in [0.1, 0.15) is 16.7 Å². The minimum atomic E-state index is 0.743. The summed E-state index contributed by atoms with van der Waals surface area (Å²) >= 11 is 0. The standard InChI is InChI=1S/C12H15N/c1-10-6-4-7-12(11(10)2)8-5-9-13-3/h4,6-7,13H,9H2,1-3H3. The van der Waals surface area contributed by atoms with Crippen LogP contribution in [0, 0.1) is 25.7 Å². The zero-order valence-electron chi connectivity index (χ0n) is 8.44. The molecule has 0 saturated carbocycles. The van der Waals surface area contributed by atoms with Crippen LogP contribution in [0.15, 0.2) is 18.2 Å². The number of rotatable bonds is 1. The van der Waals surface area contributed by atoms with Gasteiger partial charge in [-0.1, -0.05) is 24.0 Å². The van der Waals surface area contributed by atoms with Crippen LogP contribution in [0.2, 0.25) is 0 Å². The van der Waals surface area contributed by atoms with E-state index in [9.17, 15) is 0 Å². The van der Waals surface area contributed by atoms with Crippen molar-refractivity contribution < 1.29 is 0 Å². The van der Waals surface area contributed by atoms with E-state index in [1.54, 1.807) is 0 Å². The van der Waals surface area contributed by atoms with Gasteiger partial charge in [-0.05, 0) is 38.1 Å². The number of nitrogens with one attached hydrogen (secondary N) is 1. The second kappa shape index (κ2) is 4.69. The molecule has 0 bridgehead atoms. The van der Waals surface area contributed by atoms with Gasteiger partial charge in [-0.3, -0.25) is 0 Å². The third-order valence-electron chi connectivity index (χ3n) is 2.09. The van der Waals surface area contributed by atoms with E-state index < -0.39 is 0 Å². The highest BCUT2D eigenvalue weighted by atomic mass is 14.8. The number of hydrogen-bond acceptors (Lipinski definition) is 1. The summed E-state index contributed by atoms with van der Waals surface area (Å²) in [6.07, 6.45) is 0. The zero-order valence-corrected chi connectivity index (χ0v) is 8.44. The lowest BCUT2D eigenvalue weighted by molar-refractivity contribution is 0.938. The molecule has 1 rings (SSSR count). The van der Waals surface area contributed by atoms with Crippen LogP contribution in [-0.2, 0) is 0 Å². The van der Waals surface area contributed by atoms with Crippen molar-refractivity contribution in [2.75, 3.05) is 13.6 Å². The molecular weight excluding hydrogens is 158 g/mol. The minimum absolute atomic E-state index is 0.743. The van der Waals surface area contributed by atoms with Gasteiger partial charge in [-0.25, -0.2) is 0 Å². The lowest BCUT2D eigenvalue weighted by atomic mass is 10.0. The molecule has 0 aliphatic rings. The molecule has 1 nitrogen and oxygen atoms in total. The summed E-state index contributed by atoms with van der Waals surface area (Å²) in [6, 6.07) is 6.22. The fourth-order valence-electron chi connectivity index (χ4n) is 1.11. The summed E-state index contributed by atoms with van der Waals surface area (Å²) in [7, 11) is 1.90. The Kier molecular flexibility index (Phi) is 3.54. The molecule has 0 aromatic heterocycles. The second-order valence-corrected chi connectivity index (χ2v) is 3.08. The van der Waals surface area contributed by atoms with Crippen molar-refractivity contribution in [2.24, 2.45) is 0 Å². The van der Waals surface area contributed by atoms with E-state index in [0.717, 1.165) is 12.1 Å². The maximum absolute atomic E-state index is 3.14. The molecule has 1 N–H and O–H groups in total. The molecule has 1 heteroatoms. The number of aryl methyl sites for hydroxylation is 1. The van der Waals surface area contributed by atoms with E-state index in [-0.39, 0.29) is 0 Å². The summed E-state index contributed by atoms with van der Waals surface area (Å²) in [5, 5.41) is 3.00. The van der Waals surface area contributed by atoms with Crippen molar-refractivity contribution in [1.82, 2.24) is 5.32 Å². The van der Waals surface area contributed by atoms with Gasteiger partial charge in [0.05, 0.1) is 6.54 Å². The molecule has 0 heterocycles. The highest BCUT2D eigenvalue weighted by Crippen LogP contribution is 2.10. The summed E-state index contributed by atoms with van der Waals surface area (Å²) in [5.74, 6) is 6.20. The molecule has 0 radical (unpaired) electrons. The van der Waals surface area contributed by atoms with E-state index >= 15 is 0 Å². The summed E-state index contributed by atoms with van der Waals surface area (Å²) in [4.78, 5) is 0. The Balaban J connectivity index is 2.91. The average Bonchev–Trinajstić information content (AvgIpc) is 2.13. The van der Waals surface area contributed by atoms with Gasteiger partial charge in [-0.2, -0.15) is 0 Å². The molecule has 0 fully saturated rings. The summed E-state index contributed by atoms with van der Waals surface area (Å²) < 4.78 is 0. The van der Waals surface area contributed by atoms with Crippen molar-refractivity contribution >= 4 is 0 Å². The Bertz CT molecular complexity index is 342. The third kappa shape index (κ3) is 2.61. The monoisotopic (exact) mass is 173 g/mol. The highest BCUT2D eigenvalue weighted by Gasteiger charge is 1.95. The van der Waals surface area contributed by atoms with Gasteiger partial charge in [0.2, 0.25) is 0 Å². The van der Waals surface area contributed by atoms with E-state index in [1.807, 2.05) is 13.1 Å². The van der Waals surface area contributed by atoms with Gasteiger partial charge in [0.25, 0.3) is 0 Å². The third-order valence-corrected chi connectivity index (χ3v) is 2.09. The van der Waals surface area contributed by atoms with Crippen LogP contribution >= 0.6 is 0 Å². The normalized spacial score (nSPS) is 9.15. The van der Waals surface area contributed by atoms with Crippen LogP contribution in [0.5, 0.6) is 0 Å². The Labute approximate surface area is 80.2 Å². The predicted octanol–water partition coefficient (Wildman–Crippen LogP) is 1.87. The van der Waals surface area contributed by atoms with Crippen molar-refractivity contribution in [2.45, 2.75) is 13.8 Å². The molecule has 13 heavy (non-hydrogen) atoms. The van der Waals surface area contributed by atoms with Gasteiger partial charge < -0.3 is 5.32 Å². The van der Waals surface area contributed by atoms with E-state index in [0.29, 0.717) is 0 Å². The number of hydrogen-bond donors (Lipinski definition) is 1. The second-order valence-electron chi connectivity index (χ2n) is 3.08.